The number of rotatable bonds is 3. The Balaban J connectivity index is 2.21. The summed E-state index contributed by atoms with van der Waals surface area (Å²) in [6, 6.07) is 5.56. The topological polar surface area (TPSA) is 78.2 Å². The highest BCUT2D eigenvalue weighted by atomic mass is 79.9. The normalized spacial score (nSPS) is 10.1. The Labute approximate surface area is 111 Å². The highest BCUT2D eigenvalue weighted by Gasteiger charge is 2.09. The van der Waals surface area contributed by atoms with E-state index in [1.54, 1.807) is 6.07 Å². The van der Waals surface area contributed by atoms with Crippen molar-refractivity contribution in [3.8, 4) is 11.8 Å². The zero-order chi connectivity index (χ0) is 13.1. The molecule has 7 heteroatoms. The molecule has 0 amide bonds. The summed E-state index contributed by atoms with van der Waals surface area (Å²) in [7, 11) is 0. The molecule has 92 valence electrons. The van der Waals surface area contributed by atoms with Gasteiger partial charge in [-0.2, -0.15) is 9.97 Å². The Morgan fingerprint density at radius 2 is 2.00 bits per heavy atom. The molecule has 2 aromatic rings. The number of hydrogen-bond acceptors (Lipinski definition) is 5. The zero-order valence-electron chi connectivity index (χ0n) is 9.33. The van der Waals surface area contributed by atoms with Gasteiger partial charge in [0.1, 0.15) is 18.1 Å². The van der Waals surface area contributed by atoms with Gasteiger partial charge in [-0.05, 0) is 30.7 Å². The van der Waals surface area contributed by atoms with E-state index in [9.17, 15) is 10.1 Å². The first-order valence-electron chi connectivity index (χ1n) is 4.96. The van der Waals surface area contributed by atoms with Crippen molar-refractivity contribution in [3.05, 3.63) is 50.7 Å². The number of ether oxygens (including phenoxy) is 1. The minimum absolute atomic E-state index is 0.0750. The first-order chi connectivity index (χ1) is 8.56. The molecule has 0 aliphatic carbocycles. The molecule has 0 fully saturated rings. The van der Waals surface area contributed by atoms with Crippen LogP contribution < -0.4 is 4.74 Å². The molecule has 1 aromatic carbocycles. The van der Waals surface area contributed by atoms with E-state index in [1.165, 1.54) is 0 Å². The third-order valence-electron chi connectivity index (χ3n) is 2.16. The van der Waals surface area contributed by atoms with Crippen LogP contribution in [0.1, 0.15) is 5.56 Å². The fourth-order valence-corrected chi connectivity index (χ4v) is 1.76. The summed E-state index contributed by atoms with van der Waals surface area (Å²) in [4.78, 5) is 17.4. The van der Waals surface area contributed by atoms with E-state index in [0.29, 0.717) is 5.75 Å². The lowest BCUT2D eigenvalue weighted by Crippen LogP contribution is -1.95. The molecule has 0 atom stereocenters. The minimum Gasteiger partial charge on any atom is -0.424 e. The number of halogens is 1. The van der Waals surface area contributed by atoms with Gasteiger partial charge in [0.2, 0.25) is 0 Å². The number of aromatic nitrogens is 2. The Hall–Kier alpha value is -2.02. The smallest absolute Gasteiger partial charge is 0.322 e. The lowest BCUT2D eigenvalue weighted by molar-refractivity contribution is -0.385. The molecule has 0 radical (unpaired) electrons. The Morgan fingerprint density at radius 3 is 2.56 bits per heavy atom. The molecule has 0 unspecified atom stereocenters. The Bertz CT molecular complexity index is 587. The standard InChI is InChI=1S/C11H8BrN3O3/c1-7-4-8(12)2-3-10(7)18-11-13-5-9(6-14-11)15(16)17/h2-6H,1H3. The van der Waals surface area contributed by atoms with Crippen molar-refractivity contribution in [2.45, 2.75) is 6.92 Å². The molecular weight excluding hydrogens is 302 g/mol. The number of nitro groups is 1. The highest BCUT2D eigenvalue weighted by molar-refractivity contribution is 9.10. The number of nitrogens with zero attached hydrogens (tertiary/aromatic N) is 3. The van der Waals surface area contributed by atoms with Gasteiger partial charge in [-0.3, -0.25) is 10.1 Å². The molecule has 2 rings (SSSR count). The monoisotopic (exact) mass is 309 g/mol. The van der Waals surface area contributed by atoms with Crippen LogP contribution in [0.4, 0.5) is 5.69 Å². The lowest BCUT2D eigenvalue weighted by atomic mass is 10.2. The summed E-state index contributed by atoms with van der Waals surface area (Å²) in [5.74, 6) is 0.604. The fourth-order valence-electron chi connectivity index (χ4n) is 1.28. The molecule has 0 saturated heterocycles. The van der Waals surface area contributed by atoms with Crippen molar-refractivity contribution in [2.24, 2.45) is 0 Å². The van der Waals surface area contributed by atoms with E-state index >= 15 is 0 Å². The second-order valence-electron chi connectivity index (χ2n) is 3.49. The van der Waals surface area contributed by atoms with Crippen LogP contribution in [-0.4, -0.2) is 14.9 Å². The maximum atomic E-state index is 10.4. The Kier molecular flexibility index (Phi) is 3.52. The van der Waals surface area contributed by atoms with Gasteiger partial charge in [-0.25, -0.2) is 0 Å². The SMILES string of the molecule is Cc1cc(Br)ccc1Oc1ncc([N+](=O)[O-])cn1. The highest BCUT2D eigenvalue weighted by Crippen LogP contribution is 2.25. The summed E-state index contributed by atoms with van der Waals surface area (Å²) < 4.78 is 6.37. The van der Waals surface area contributed by atoms with Gasteiger partial charge in [0.15, 0.2) is 0 Å². The maximum absolute atomic E-state index is 10.4. The van der Waals surface area contributed by atoms with Gasteiger partial charge in [0.05, 0.1) is 4.92 Å². The first-order valence-corrected chi connectivity index (χ1v) is 5.76. The van der Waals surface area contributed by atoms with Crippen molar-refractivity contribution < 1.29 is 9.66 Å². The quantitative estimate of drug-likeness (QED) is 0.642. The molecule has 0 bridgehead atoms. The summed E-state index contributed by atoms with van der Waals surface area (Å²) in [5, 5.41) is 10.4. The Morgan fingerprint density at radius 1 is 1.33 bits per heavy atom. The zero-order valence-corrected chi connectivity index (χ0v) is 10.9. The average Bonchev–Trinajstić information content (AvgIpc) is 2.33. The first kappa shape index (κ1) is 12.4. The molecule has 0 N–H and O–H groups in total. The molecule has 1 heterocycles. The van der Waals surface area contributed by atoms with Crippen LogP contribution >= 0.6 is 15.9 Å². The molecule has 0 saturated carbocycles. The molecule has 0 aliphatic heterocycles. The van der Waals surface area contributed by atoms with E-state index in [1.807, 2.05) is 19.1 Å². The van der Waals surface area contributed by atoms with Crippen molar-refractivity contribution in [1.29, 1.82) is 0 Å². The maximum Gasteiger partial charge on any atom is 0.322 e. The van der Waals surface area contributed by atoms with E-state index in [-0.39, 0.29) is 11.7 Å². The number of benzene rings is 1. The summed E-state index contributed by atoms with van der Waals surface area (Å²) in [6.45, 7) is 1.88. The molecule has 18 heavy (non-hydrogen) atoms. The van der Waals surface area contributed by atoms with E-state index in [2.05, 4.69) is 25.9 Å². The second-order valence-corrected chi connectivity index (χ2v) is 4.41. The van der Waals surface area contributed by atoms with Crippen LogP contribution in [0, 0.1) is 17.0 Å². The predicted octanol–water partition coefficient (Wildman–Crippen LogP) is 3.25. The van der Waals surface area contributed by atoms with Crippen molar-refractivity contribution in [1.82, 2.24) is 9.97 Å². The molecular formula is C11H8BrN3O3. The number of hydrogen-bond donors (Lipinski definition) is 0. The van der Waals surface area contributed by atoms with Gasteiger partial charge in [-0.1, -0.05) is 15.9 Å². The fraction of sp³-hybridized carbons (Fsp3) is 0.0909. The van der Waals surface area contributed by atoms with E-state index < -0.39 is 4.92 Å². The van der Waals surface area contributed by atoms with Crippen LogP contribution in [0.2, 0.25) is 0 Å². The molecule has 6 nitrogen and oxygen atoms in total. The third kappa shape index (κ3) is 2.80. The largest absolute Gasteiger partial charge is 0.424 e. The van der Waals surface area contributed by atoms with Crippen LogP contribution in [0.15, 0.2) is 35.1 Å². The van der Waals surface area contributed by atoms with E-state index in [0.717, 1.165) is 22.4 Å². The molecule has 0 spiro atoms. The minimum atomic E-state index is -0.561. The molecule has 0 aliphatic rings. The summed E-state index contributed by atoms with van der Waals surface area (Å²) >= 11 is 3.35. The molecule has 1 aromatic heterocycles. The lowest BCUT2D eigenvalue weighted by Gasteiger charge is -2.06. The third-order valence-corrected chi connectivity index (χ3v) is 2.66. The van der Waals surface area contributed by atoms with Gasteiger partial charge >= 0.3 is 11.7 Å². The van der Waals surface area contributed by atoms with E-state index in [4.69, 9.17) is 4.74 Å². The second kappa shape index (κ2) is 5.09. The van der Waals surface area contributed by atoms with Crippen molar-refractivity contribution in [2.75, 3.05) is 0 Å². The van der Waals surface area contributed by atoms with Gasteiger partial charge in [-0.15, -0.1) is 0 Å². The van der Waals surface area contributed by atoms with Crippen LogP contribution in [0.3, 0.4) is 0 Å². The number of aryl methyl sites for hydroxylation is 1. The predicted molar refractivity (Wildman–Crippen MR) is 67.6 cm³/mol. The summed E-state index contributed by atoms with van der Waals surface area (Å²) in [5.41, 5.74) is 0.737. The van der Waals surface area contributed by atoms with Gasteiger partial charge in [0, 0.05) is 4.47 Å². The van der Waals surface area contributed by atoms with Crippen molar-refractivity contribution in [3.63, 3.8) is 0 Å². The van der Waals surface area contributed by atoms with Crippen LogP contribution in [0.25, 0.3) is 0 Å². The average molecular weight is 310 g/mol. The van der Waals surface area contributed by atoms with Gasteiger partial charge < -0.3 is 4.74 Å². The van der Waals surface area contributed by atoms with Crippen LogP contribution in [0.5, 0.6) is 11.8 Å². The van der Waals surface area contributed by atoms with Crippen LogP contribution in [-0.2, 0) is 0 Å². The van der Waals surface area contributed by atoms with Crippen molar-refractivity contribution >= 4 is 21.6 Å². The van der Waals surface area contributed by atoms with Gasteiger partial charge in [0.25, 0.3) is 0 Å². The summed E-state index contributed by atoms with van der Waals surface area (Å²) in [6.07, 6.45) is 2.22.